The lowest BCUT2D eigenvalue weighted by Crippen LogP contribution is -2.44. The predicted octanol–water partition coefficient (Wildman–Crippen LogP) is 5.95. The fourth-order valence-corrected chi connectivity index (χ4v) is 4.48. The van der Waals surface area contributed by atoms with E-state index in [1.54, 1.807) is 6.08 Å². The molecular formula is C28H31FN2O. The van der Waals surface area contributed by atoms with Gasteiger partial charge >= 0.3 is 0 Å². The van der Waals surface area contributed by atoms with Crippen LogP contribution in [0.2, 0.25) is 0 Å². The van der Waals surface area contributed by atoms with Crippen molar-refractivity contribution in [2.45, 2.75) is 51.6 Å². The minimum absolute atomic E-state index is 0.0374. The number of carbonyl (C=O) groups is 1. The molecule has 0 fully saturated rings. The minimum atomic E-state index is -0.208. The molecule has 2 atom stereocenters. The minimum Gasteiger partial charge on any atom is -0.380 e. The lowest BCUT2D eigenvalue weighted by atomic mass is 9.89. The van der Waals surface area contributed by atoms with Crippen molar-refractivity contribution in [3.05, 3.63) is 107 Å². The fourth-order valence-electron chi connectivity index (χ4n) is 4.48. The van der Waals surface area contributed by atoms with E-state index in [0.717, 1.165) is 24.1 Å². The molecule has 166 valence electrons. The van der Waals surface area contributed by atoms with Crippen LogP contribution in [0.5, 0.6) is 0 Å². The van der Waals surface area contributed by atoms with Crippen LogP contribution in [0, 0.1) is 6.92 Å². The summed E-state index contributed by atoms with van der Waals surface area (Å²) in [4.78, 5) is 15.4. The first-order valence-electron chi connectivity index (χ1n) is 11.4. The molecule has 0 aromatic heterocycles. The van der Waals surface area contributed by atoms with Crippen LogP contribution in [-0.2, 0) is 11.2 Å². The highest BCUT2D eigenvalue weighted by Gasteiger charge is 2.34. The van der Waals surface area contributed by atoms with Gasteiger partial charge in [0.25, 0.3) is 0 Å². The SMILES string of the molecule is Cc1ccc(C2C3=C(C/C=C(F)\C=C/C(C)N3)CCN2C(=O)CCc2ccccc2)cc1. The van der Waals surface area contributed by atoms with Crippen LogP contribution in [0.25, 0.3) is 0 Å². The second kappa shape index (κ2) is 9.99. The first-order valence-corrected chi connectivity index (χ1v) is 11.4. The summed E-state index contributed by atoms with van der Waals surface area (Å²) in [6.45, 7) is 4.73. The molecule has 2 aromatic carbocycles. The Labute approximate surface area is 190 Å². The maximum Gasteiger partial charge on any atom is 0.223 e. The van der Waals surface area contributed by atoms with Crippen molar-refractivity contribution in [3.63, 3.8) is 0 Å². The molecule has 0 bridgehead atoms. The maximum absolute atomic E-state index is 14.1. The van der Waals surface area contributed by atoms with E-state index < -0.39 is 0 Å². The Morgan fingerprint density at radius 1 is 1.12 bits per heavy atom. The van der Waals surface area contributed by atoms with Gasteiger partial charge in [-0.25, -0.2) is 4.39 Å². The van der Waals surface area contributed by atoms with E-state index in [9.17, 15) is 9.18 Å². The summed E-state index contributed by atoms with van der Waals surface area (Å²) in [6, 6.07) is 18.3. The van der Waals surface area contributed by atoms with Gasteiger partial charge in [0.05, 0.1) is 6.04 Å². The summed E-state index contributed by atoms with van der Waals surface area (Å²) in [5, 5.41) is 3.60. The third kappa shape index (κ3) is 5.18. The quantitative estimate of drug-likeness (QED) is 0.650. The largest absolute Gasteiger partial charge is 0.380 e. The van der Waals surface area contributed by atoms with Crippen LogP contribution in [-0.4, -0.2) is 23.4 Å². The smallest absolute Gasteiger partial charge is 0.223 e. The Kier molecular flexibility index (Phi) is 6.89. The molecule has 0 aliphatic carbocycles. The van der Waals surface area contributed by atoms with E-state index in [4.69, 9.17) is 0 Å². The summed E-state index contributed by atoms with van der Waals surface area (Å²) < 4.78 is 14.1. The van der Waals surface area contributed by atoms with Crippen LogP contribution in [0.3, 0.4) is 0 Å². The molecule has 2 unspecified atom stereocenters. The number of nitrogens with zero attached hydrogens (tertiary/aromatic N) is 1. The van der Waals surface area contributed by atoms with E-state index in [2.05, 4.69) is 48.6 Å². The molecule has 2 aliphatic heterocycles. The van der Waals surface area contributed by atoms with Gasteiger partial charge in [-0.05, 0) is 62.0 Å². The Hall–Kier alpha value is -3.14. The number of benzene rings is 2. The monoisotopic (exact) mass is 430 g/mol. The molecule has 2 aliphatic rings. The number of hydrogen-bond acceptors (Lipinski definition) is 2. The van der Waals surface area contributed by atoms with Crippen LogP contribution < -0.4 is 5.32 Å². The van der Waals surface area contributed by atoms with Crippen molar-refractivity contribution >= 4 is 5.91 Å². The molecule has 0 spiro atoms. The van der Waals surface area contributed by atoms with Crippen molar-refractivity contribution in [1.82, 2.24) is 10.2 Å². The molecular weight excluding hydrogens is 399 g/mol. The number of rotatable bonds is 4. The number of amides is 1. The van der Waals surface area contributed by atoms with E-state index in [0.29, 0.717) is 19.4 Å². The third-order valence-electron chi connectivity index (χ3n) is 6.28. The second-order valence-electron chi connectivity index (χ2n) is 8.74. The average Bonchev–Trinajstić information content (AvgIpc) is 2.87. The van der Waals surface area contributed by atoms with Crippen LogP contribution in [0.15, 0.2) is 89.9 Å². The molecule has 0 saturated heterocycles. The normalized spacial score (nSPS) is 23.7. The zero-order valence-electron chi connectivity index (χ0n) is 18.9. The molecule has 4 heteroatoms. The molecule has 4 rings (SSSR count). The van der Waals surface area contributed by atoms with E-state index in [-0.39, 0.29) is 23.8 Å². The highest BCUT2D eigenvalue weighted by Crippen LogP contribution is 2.37. The van der Waals surface area contributed by atoms with Gasteiger partial charge in [-0.2, -0.15) is 0 Å². The Morgan fingerprint density at radius 3 is 2.62 bits per heavy atom. The highest BCUT2D eigenvalue weighted by atomic mass is 19.1. The zero-order chi connectivity index (χ0) is 22.5. The second-order valence-corrected chi connectivity index (χ2v) is 8.74. The lowest BCUT2D eigenvalue weighted by Gasteiger charge is -2.40. The molecule has 2 heterocycles. The van der Waals surface area contributed by atoms with E-state index in [1.807, 2.05) is 36.1 Å². The molecule has 1 N–H and O–H groups in total. The van der Waals surface area contributed by atoms with Gasteiger partial charge in [-0.3, -0.25) is 4.79 Å². The Balaban J connectivity index is 1.67. The van der Waals surface area contributed by atoms with Gasteiger partial charge < -0.3 is 10.2 Å². The summed E-state index contributed by atoms with van der Waals surface area (Å²) in [7, 11) is 0. The number of carbonyl (C=O) groups excluding carboxylic acids is 1. The van der Waals surface area contributed by atoms with Crippen molar-refractivity contribution in [3.8, 4) is 0 Å². The number of halogens is 1. The van der Waals surface area contributed by atoms with Crippen LogP contribution in [0.4, 0.5) is 4.39 Å². The van der Waals surface area contributed by atoms with Crippen molar-refractivity contribution in [2.75, 3.05) is 6.54 Å². The van der Waals surface area contributed by atoms with Gasteiger partial charge in [0.1, 0.15) is 5.83 Å². The summed E-state index contributed by atoms with van der Waals surface area (Å²) in [5.41, 5.74) is 5.65. The fraction of sp³-hybridized carbons (Fsp3) is 0.321. The maximum atomic E-state index is 14.1. The van der Waals surface area contributed by atoms with E-state index in [1.165, 1.54) is 22.8 Å². The first-order chi connectivity index (χ1) is 15.5. The van der Waals surface area contributed by atoms with Crippen molar-refractivity contribution < 1.29 is 9.18 Å². The topological polar surface area (TPSA) is 32.3 Å². The summed E-state index contributed by atoms with van der Waals surface area (Å²) in [5.74, 6) is -0.0572. The molecule has 3 nitrogen and oxygen atoms in total. The molecule has 32 heavy (non-hydrogen) atoms. The van der Waals surface area contributed by atoms with Gasteiger partial charge in [0, 0.05) is 24.7 Å². The summed E-state index contributed by atoms with van der Waals surface area (Å²) >= 11 is 0. The Morgan fingerprint density at radius 2 is 1.88 bits per heavy atom. The lowest BCUT2D eigenvalue weighted by molar-refractivity contribution is -0.133. The van der Waals surface area contributed by atoms with Crippen molar-refractivity contribution in [2.24, 2.45) is 0 Å². The number of allylic oxidation sites excluding steroid dienone is 3. The number of aryl methyl sites for hydroxylation is 2. The van der Waals surface area contributed by atoms with Gasteiger partial charge in [0.15, 0.2) is 0 Å². The number of nitrogens with one attached hydrogen (secondary N) is 1. The molecule has 2 aromatic rings. The first kappa shape index (κ1) is 22.1. The standard InChI is InChI=1S/C28H31FN2O/c1-20-8-12-24(13-9-20)28-27-23(14-16-25(29)15-10-21(2)30-27)18-19-31(28)26(32)17-11-22-6-4-3-5-7-22/h3-10,12-13,15-16,21,28,30H,11,14,17-19H2,1-2H3/b15-10-,25-16+. The summed E-state index contributed by atoms with van der Waals surface area (Å²) in [6.07, 6.45) is 7.51. The van der Waals surface area contributed by atoms with Crippen LogP contribution in [0.1, 0.15) is 48.9 Å². The highest BCUT2D eigenvalue weighted by molar-refractivity contribution is 5.78. The zero-order valence-corrected chi connectivity index (χ0v) is 18.9. The third-order valence-corrected chi connectivity index (χ3v) is 6.28. The number of hydrogen-bond donors (Lipinski definition) is 1. The predicted molar refractivity (Wildman–Crippen MR) is 128 cm³/mol. The van der Waals surface area contributed by atoms with Crippen molar-refractivity contribution in [1.29, 1.82) is 0 Å². The molecule has 0 saturated carbocycles. The average molecular weight is 431 g/mol. The van der Waals surface area contributed by atoms with Crippen LogP contribution >= 0.6 is 0 Å². The van der Waals surface area contributed by atoms with Gasteiger partial charge in [0.2, 0.25) is 5.91 Å². The van der Waals surface area contributed by atoms with E-state index >= 15 is 0 Å². The Bertz CT molecular complexity index is 1040. The van der Waals surface area contributed by atoms with Gasteiger partial charge in [-0.1, -0.05) is 66.2 Å². The molecule has 1 amide bonds. The molecule has 0 radical (unpaired) electrons. The van der Waals surface area contributed by atoms with Gasteiger partial charge in [-0.15, -0.1) is 0 Å².